The van der Waals surface area contributed by atoms with E-state index in [4.69, 9.17) is 0 Å². The van der Waals surface area contributed by atoms with E-state index in [-0.39, 0.29) is 21.7 Å². The lowest BCUT2D eigenvalue weighted by Gasteiger charge is -2.45. The predicted octanol–water partition coefficient (Wildman–Crippen LogP) is 13.9. The molecule has 4 aliphatic rings. The van der Waals surface area contributed by atoms with Crippen LogP contribution in [0.3, 0.4) is 0 Å². The Kier molecular flexibility index (Phi) is 4.92. The first kappa shape index (κ1) is 29.4. The van der Waals surface area contributed by atoms with E-state index >= 15 is 0 Å². The Hall–Kier alpha value is -5.20. The Labute approximate surface area is 306 Å². The zero-order valence-electron chi connectivity index (χ0n) is 31.4. The first-order valence-electron chi connectivity index (χ1n) is 19.2. The van der Waals surface area contributed by atoms with Crippen molar-refractivity contribution in [3.8, 4) is 33.4 Å². The summed E-state index contributed by atoms with van der Waals surface area (Å²) in [5, 5.41) is 11.2. The number of benzene rings is 8. The van der Waals surface area contributed by atoms with Gasteiger partial charge in [0.1, 0.15) is 0 Å². The summed E-state index contributed by atoms with van der Waals surface area (Å²) in [6.45, 7) is 19.7. The Balaban J connectivity index is 1.27. The second-order valence-corrected chi connectivity index (χ2v) is 18.4. The molecule has 0 aliphatic heterocycles. The standard InChI is InChI=1S/C52H42/c1-49(2)33-13-9-11-27-17-25-37-43(39(27)33)45-35(49)23-19-29-15-21-31(47(41(29)45)51(37,5)6)32-22-16-30-20-24-36-46-42(30)48(32)52(7,8)38-26-18-28-12-10-14-34(50(36,3)4)40(28)44(38)46/h9-26H,1-8H3. The molecular formula is C52H42. The van der Waals surface area contributed by atoms with E-state index in [1.807, 2.05) is 0 Å². The van der Waals surface area contributed by atoms with Gasteiger partial charge >= 0.3 is 0 Å². The van der Waals surface area contributed by atoms with Crippen molar-refractivity contribution in [1.29, 1.82) is 0 Å². The molecule has 52 heavy (non-hydrogen) atoms. The fourth-order valence-electron chi connectivity index (χ4n) is 12.1. The first-order valence-corrected chi connectivity index (χ1v) is 19.2. The molecule has 0 fully saturated rings. The Morgan fingerprint density at radius 1 is 0.269 bits per heavy atom. The largest absolute Gasteiger partial charge is 0.0613 e. The molecule has 0 N–H and O–H groups in total. The minimum atomic E-state index is -0.208. The highest BCUT2D eigenvalue weighted by molar-refractivity contribution is 6.19. The van der Waals surface area contributed by atoms with Crippen molar-refractivity contribution in [2.24, 2.45) is 0 Å². The molecule has 0 nitrogen and oxygen atoms in total. The van der Waals surface area contributed by atoms with Crippen LogP contribution in [-0.2, 0) is 21.7 Å². The van der Waals surface area contributed by atoms with Gasteiger partial charge in [-0.2, -0.15) is 0 Å². The highest BCUT2D eigenvalue weighted by Crippen LogP contribution is 2.63. The van der Waals surface area contributed by atoms with Crippen molar-refractivity contribution in [2.45, 2.75) is 77.0 Å². The molecule has 12 rings (SSSR count). The first-order chi connectivity index (χ1) is 24.8. The molecule has 0 heteroatoms. The molecule has 4 aliphatic carbocycles. The van der Waals surface area contributed by atoms with E-state index in [0.717, 1.165) is 0 Å². The van der Waals surface area contributed by atoms with Crippen LogP contribution in [0.4, 0.5) is 0 Å². The van der Waals surface area contributed by atoms with Gasteiger partial charge in [0.25, 0.3) is 0 Å². The predicted molar refractivity (Wildman–Crippen MR) is 221 cm³/mol. The fraction of sp³-hybridized carbons (Fsp3) is 0.231. The van der Waals surface area contributed by atoms with Crippen molar-refractivity contribution in [3.63, 3.8) is 0 Å². The molecular weight excluding hydrogens is 625 g/mol. The highest BCUT2D eigenvalue weighted by Gasteiger charge is 2.46. The van der Waals surface area contributed by atoms with Crippen LogP contribution in [0, 0.1) is 0 Å². The molecule has 0 radical (unpaired) electrons. The highest BCUT2D eigenvalue weighted by atomic mass is 14.5. The van der Waals surface area contributed by atoms with Crippen LogP contribution in [0.1, 0.15) is 99.9 Å². The van der Waals surface area contributed by atoms with Crippen molar-refractivity contribution in [1.82, 2.24) is 0 Å². The topological polar surface area (TPSA) is 0 Å². The van der Waals surface area contributed by atoms with Gasteiger partial charge in [-0.3, -0.25) is 0 Å². The number of hydrogen-bond donors (Lipinski definition) is 0. The van der Waals surface area contributed by atoms with Gasteiger partial charge in [0, 0.05) is 21.7 Å². The van der Waals surface area contributed by atoms with Gasteiger partial charge in [0.2, 0.25) is 0 Å². The third kappa shape index (κ3) is 3.02. The summed E-state index contributed by atoms with van der Waals surface area (Å²) in [6.07, 6.45) is 0. The molecule has 0 aromatic heterocycles. The van der Waals surface area contributed by atoms with Crippen LogP contribution in [0.2, 0.25) is 0 Å². The van der Waals surface area contributed by atoms with Crippen molar-refractivity contribution in [3.05, 3.63) is 154 Å². The third-order valence-electron chi connectivity index (χ3n) is 14.5. The monoisotopic (exact) mass is 666 g/mol. The van der Waals surface area contributed by atoms with Gasteiger partial charge in [-0.05, 0) is 121 Å². The molecule has 8 aromatic carbocycles. The van der Waals surface area contributed by atoms with Crippen molar-refractivity contribution >= 4 is 43.1 Å². The lowest BCUT2D eigenvalue weighted by atomic mass is 9.57. The van der Waals surface area contributed by atoms with Crippen molar-refractivity contribution < 1.29 is 0 Å². The van der Waals surface area contributed by atoms with Crippen LogP contribution in [0.25, 0.3) is 76.5 Å². The summed E-state index contributed by atoms with van der Waals surface area (Å²) in [5.74, 6) is 0. The molecule has 8 aromatic rings. The maximum Gasteiger partial charge on any atom is 0.0165 e. The second-order valence-electron chi connectivity index (χ2n) is 18.4. The molecule has 0 spiro atoms. The van der Waals surface area contributed by atoms with E-state index in [1.165, 1.54) is 121 Å². The zero-order valence-corrected chi connectivity index (χ0v) is 31.4. The fourth-order valence-corrected chi connectivity index (χ4v) is 12.1. The van der Waals surface area contributed by atoms with Gasteiger partial charge in [-0.15, -0.1) is 0 Å². The molecule has 0 bridgehead atoms. The molecule has 0 heterocycles. The van der Waals surface area contributed by atoms with E-state index in [0.29, 0.717) is 0 Å². The quantitative estimate of drug-likeness (QED) is 0.164. The maximum atomic E-state index is 2.49. The molecule has 0 saturated heterocycles. The normalized spacial score (nSPS) is 18.2. The smallest absolute Gasteiger partial charge is 0.0165 e. The zero-order chi connectivity index (χ0) is 35.4. The van der Waals surface area contributed by atoms with E-state index in [1.54, 1.807) is 0 Å². The van der Waals surface area contributed by atoms with Gasteiger partial charge in [-0.25, -0.2) is 0 Å². The van der Waals surface area contributed by atoms with E-state index in [2.05, 4.69) is 165 Å². The molecule has 0 amide bonds. The number of hydrogen-bond acceptors (Lipinski definition) is 0. The summed E-state index contributed by atoms with van der Waals surface area (Å²) in [6, 6.07) is 43.0. The number of rotatable bonds is 1. The summed E-state index contributed by atoms with van der Waals surface area (Å²) in [7, 11) is 0. The van der Waals surface area contributed by atoms with Crippen LogP contribution in [0.5, 0.6) is 0 Å². The maximum absolute atomic E-state index is 2.49. The SMILES string of the molecule is CC1(C)c2ccc3ccc(-c4ccc5ccc6c7c5c4C(C)(C)c4ccc5cccc(c5c4-7)C6(C)C)c4c3c2-c2c(ccc3cccc1c23)C4(C)C. The van der Waals surface area contributed by atoms with Gasteiger partial charge in [0.05, 0.1) is 0 Å². The van der Waals surface area contributed by atoms with Crippen molar-refractivity contribution in [2.75, 3.05) is 0 Å². The average molecular weight is 667 g/mol. The molecule has 0 atom stereocenters. The van der Waals surface area contributed by atoms with Gasteiger partial charge < -0.3 is 0 Å². The Bertz CT molecular complexity index is 2840. The van der Waals surface area contributed by atoms with Gasteiger partial charge in [-0.1, -0.05) is 165 Å². The summed E-state index contributed by atoms with van der Waals surface area (Å²) >= 11 is 0. The summed E-state index contributed by atoms with van der Waals surface area (Å²) < 4.78 is 0. The van der Waals surface area contributed by atoms with E-state index in [9.17, 15) is 0 Å². The van der Waals surface area contributed by atoms with Crippen LogP contribution < -0.4 is 0 Å². The minimum Gasteiger partial charge on any atom is -0.0613 e. The third-order valence-corrected chi connectivity index (χ3v) is 14.5. The minimum absolute atomic E-state index is 0.0996. The summed E-state index contributed by atoms with van der Waals surface area (Å²) in [5.41, 5.74) is 19.7. The average Bonchev–Trinajstić information content (AvgIpc) is 3.13. The molecule has 0 saturated carbocycles. The van der Waals surface area contributed by atoms with Crippen LogP contribution >= 0.6 is 0 Å². The Morgan fingerprint density at radius 2 is 0.577 bits per heavy atom. The summed E-state index contributed by atoms with van der Waals surface area (Å²) in [4.78, 5) is 0. The van der Waals surface area contributed by atoms with Gasteiger partial charge in [0.15, 0.2) is 0 Å². The van der Waals surface area contributed by atoms with Crippen LogP contribution in [0.15, 0.2) is 109 Å². The lowest BCUT2D eigenvalue weighted by Crippen LogP contribution is -2.32. The van der Waals surface area contributed by atoms with Crippen LogP contribution in [-0.4, -0.2) is 0 Å². The lowest BCUT2D eigenvalue weighted by molar-refractivity contribution is 0.624. The van der Waals surface area contributed by atoms with E-state index < -0.39 is 0 Å². The second kappa shape index (κ2) is 8.70. The Morgan fingerprint density at radius 3 is 0.962 bits per heavy atom. The molecule has 250 valence electrons. The molecule has 0 unspecified atom stereocenters.